The normalized spacial score (nSPS) is 12.6. The predicted molar refractivity (Wildman–Crippen MR) is 93.6 cm³/mol. The number of pyridine rings is 1. The summed E-state index contributed by atoms with van der Waals surface area (Å²) >= 11 is 0. The summed E-state index contributed by atoms with van der Waals surface area (Å²) in [5.74, 6) is -0.228. The molecule has 1 N–H and O–H groups in total. The van der Waals surface area contributed by atoms with Crippen LogP contribution in [0.1, 0.15) is 42.5 Å². The van der Waals surface area contributed by atoms with Crippen LogP contribution in [0.4, 0.5) is 0 Å². The molecule has 1 amide bonds. The minimum absolute atomic E-state index is 0.364. The van der Waals surface area contributed by atoms with Gasteiger partial charge >= 0.3 is 5.97 Å². The summed E-state index contributed by atoms with van der Waals surface area (Å²) in [6.07, 6.45) is 1.47. The molecular weight excluding hydrogens is 320 g/mol. The Hall–Kier alpha value is -2.70. The second-order valence-electron chi connectivity index (χ2n) is 7.04. The molecule has 0 fully saturated rings. The van der Waals surface area contributed by atoms with Crippen LogP contribution >= 0.6 is 0 Å². The van der Waals surface area contributed by atoms with Gasteiger partial charge in [0.1, 0.15) is 6.04 Å². The third kappa shape index (κ3) is 4.23. The molecule has 0 radical (unpaired) electrons. The Kier molecular flexibility index (Phi) is 5.25. The lowest BCUT2D eigenvalue weighted by atomic mass is 9.86. The van der Waals surface area contributed by atoms with Gasteiger partial charge in [0.05, 0.1) is 18.4 Å². The molecular formula is C18H24N4O3. The second kappa shape index (κ2) is 7.04. The highest BCUT2D eigenvalue weighted by Crippen LogP contribution is 2.21. The third-order valence-corrected chi connectivity index (χ3v) is 3.82. The van der Waals surface area contributed by atoms with E-state index in [1.165, 1.54) is 13.3 Å². The summed E-state index contributed by atoms with van der Waals surface area (Å²) < 4.78 is 6.50. The number of rotatable bonds is 4. The van der Waals surface area contributed by atoms with Crippen LogP contribution in [0.25, 0.3) is 5.82 Å². The summed E-state index contributed by atoms with van der Waals surface area (Å²) in [5, 5.41) is 7.09. The largest absolute Gasteiger partial charge is 0.467 e. The van der Waals surface area contributed by atoms with Crippen molar-refractivity contribution in [1.82, 2.24) is 20.1 Å². The predicted octanol–water partition coefficient (Wildman–Crippen LogP) is 2.20. The van der Waals surface area contributed by atoms with Crippen molar-refractivity contribution in [3.8, 4) is 5.82 Å². The molecule has 0 aromatic carbocycles. The molecule has 0 aliphatic heterocycles. The van der Waals surface area contributed by atoms with Crippen molar-refractivity contribution in [2.75, 3.05) is 7.11 Å². The van der Waals surface area contributed by atoms with Gasteiger partial charge in [-0.25, -0.2) is 14.5 Å². The molecule has 0 unspecified atom stereocenters. The number of carbonyl (C=O) groups excluding carboxylic acids is 2. The number of ether oxygens (including phenoxy) is 1. The van der Waals surface area contributed by atoms with E-state index < -0.39 is 17.4 Å². The number of esters is 1. The molecule has 7 heteroatoms. The fourth-order valence-corrected chi connectivity index (χ4v) is 2.47. The first-order valence-electron chi connectivity index (χ1n) is 8.02. The van der Waals surface area contributed by atoms with Crippen LogP contribution in [0.3, 0.4) is 0 Å². The first-order valence-corrected chi connectivity index (χ1v) is 8.02. The molecule has 0 bridgehead atoms. The highest BCUT2D eigenvalue weighted by atomic mass is 16.5. The number of carbonyl (C=O) groups is 2. The first kappa shape index (κ1) is 18.6. The zero-order valence-corrected chi connectivity index (χ0v) is 15.5. The quantitative estimate of drug-likeness (QED) is 0.859. The summed E-state index contributed by atoms with van der Waals surface area (Å²) in [7, 11) is 1.30. The first-order chi connectivity index (χ1) is 11.6. The van der Waals surface area contributed by atoms with Crippen molar-refractivity contribution in [1.29, 1.82) is 0 Å². The molecule has 2 rings (SSSR count). The number of hydrogen-bond donors (Lipinski definition) is 1. The van der Waals surface area contributed by atoms with E-state index in [-0.39, 0.29) is 5.91 Å². The molecule has 0 spiro atoms. The molecule has 2 aromatic heterocycles. The van der Waals surface area contributed by atoms with Crippen LogP contribution in [0, 0.1) is 19.3 Å². The minimum Gasteiger partial charge on any atom is -0.467 e. The molecule has 0 saturated carbocycles. The van der Waals surface area contributed by atoms with E-state index in [1.807, 2.05) is 40.7 Å². The number of hydrogen-bond acceptors (Lipinski definition) is 5. The Morgan fingerprint density at radius 2 is 1.92 bits per heavy atom. The number of nitrogens with zero attached hydrogens (tertiary/aromatic N) is 3. The number of methoxy groups -OCH3 is 1. The van der Waals surface area contributed by atoms with Crippen molar-refractivity contribution in [3.05, 3.63) is 41.3 Å². The van der Waals surface area contributed by atoms with Gasteiger partial charge in [0, 0.05) is 11.9 Å². The zero-order chi connectivity index (χ0) is 18.8. The smallest absolute Gasteiger partial charge is 0.328 e. The van der Waals surface area contributed by atoms with E-state index in [4.69, 9.17) is 4.74 Å². The Morgan fingerprint density at radius 3 is 2.36 bits per heavy atom. The van der Waals surface area contributed by atoms with Gasteiger partial charge in [-0.05, 0) is 37.5 Å². The van der Waals surface area contributed by atoms with Crippen LogP contribution in [-0.2, 0) is 9.53 Å². The van der Waals surface area contributed by atoms with Gasteiger partial charge in [0.2, 0.25) is 0 Å². The van der Waals surface area contributed by atoms with E-state index in [2.05, 4.69) is 15.4 Å². The summed E-state index contributed by atoms with van der Waals surface area (Å²) in [6, 6.07) is 4.58. The average Bonchev–Trinajstić information content (AvgIpc) is 2.89. The monoisotopic (exact) mass is 344 g/mol. The Balaban J connectivity index is 2.20. The maximum atomic E-state index is 12.5. The molecule has 0 aliphatic rings. The summed E-state index contributed by atoms with van der Waals surface area (Å²) in [4.78, 5) is 28.7. The molecule has 0 aliphatic carbocycles. The number of aromatic nitrogens is 3. The lowest BCUT2D eigenvalue weighted by molar-refractivity contribution is -0.145. The van der Waals surface area contributed by atoms with Gasteiger partial charge in [0.15, 0.2) is 5.82 Å². The molecule has 134 valence electrons. The third-order valence-electron chi connectivity index (χ3n) is 3.82. The van der Waals surface area contributed by atoms with Crippen LogP contribution in [0.15, 0.2) is 24.4 Å². The standard InChI is InChI=1S/C18H24N4O3/c1-11-9-12(2)22(21-11)14-8-7-13(10-19-14)16(23)20-15(17(24)25-6)18(3,4)5/h7-10,15H,1-6H3,(H,20,23)/t15-/m0/s1. The Labute approximate surface area is 147 Å². The molecule has 2 aromatic rings. The van der Waals surface area contributed by atoms with Gasteiger partial charge in [-0.15, -0.1) is 0 Å². The fraction of sp³-hybridized carbons (Fsp3) is 0.444. The molecule has 1 atom stereocenters. The molecule has 0 saturated heterocycles. The maximum Gasteiger partial charge on any atom is 0.328 e. The zero-order valence-electron chi connectivity index (χ0n) is 15.5. The Morgan fingerprint density at radius 1 is 1.24 bits per heavy atom. The lowest BCUT2D eigenvalue weighted by Crippen LogP contribution is -2.49. The van der Waals surface area contributed by atoms with Crippen LogP contribution in [0.5, 0.6) is 0 Å². The summed E-state index contributed by atoms with van der Waals surface area (Å²) in [6.45, 7) is 9.43. The fourth-order valence-electron chi connectivity index (χ4n) is 2.47. The second-order valence-corrected chi connectivity index (χ2v) is 7.04. The van der Waals surface area contributed by atoms with E-state index in [9.17, 15) is 9.59 Å². The van der Waals surface area contributed by atoms with E-state index in [1.54, 1.807) is 16.8 Å². The number of aryl methyl sites for hydroxylation is 2. The van der Waals surface area contributed by atoms with Gasteiger partial charge in [0.25, 0.3) is 5.91 Å². The van der Waals surface area contributed by atoms with E-state index in [0.717, 1.165) is 11.4 Å². The van der Waals surface area contributed by atoms with Crippen LogP contribution in [0.2, 0.25) is 0 Å². The lowest BCUT2D eigenvalue weighted by Gasteiger charge is -2.28. The molecule has 25 heavy (non-hydrogen) atoms. The highest BCUT2D eigenvalue weighted by molar-refractivity contribution is 5.96. The van der Waals surface area contributed by atoms with Gasteiger partial charge in [-0.3, -0.25) is 4.79 Å². The van der Waals surface area contributed by atoms with Crippen LogP contribution in [-0.4, -0.2) is 39.8 Å². The highest BCUT2D eigenvalue weighted by Gasteiger charge is 2.33. The SMILES string of the molecule is COC(=O)[C@H](NC(=O)c1ccc(-n2nc(C)cc2C)nc1)C(C)(C)C. The van der Waals surface area contributed by atoms with Gasteiger partial charge < -0.3 is 10.1 Å². The van der Waals surface area contributed by atoms with Crippen molar-refractivity contribution in [3.63, 3.8) is 0 Å². The minimum atomic E-state index is -0.749. The van der Waals surface area contributed by atoms with E-state index >= 15 is 0 Å². The van der Waals surface area contributed by atoms with Crippen molar-refractivity contribution < 1.29 is 14.3 Å². The molecule has 7 nitrogen and oxygen atoms in total. The number of nitrogens with one attached hydrogen (secondary N) is 1. The van der Waals surface area contributed by atoms with Crippen molar-refractivity contribution in [2.45, 2.75) is 40.7 Å². The van der Waals surface area contributed by atoms with Gasteiger partial charge in [-0.2, -0.15) is 5.10 Å². The van der Waals surface area contributed by atoms with Crippen molar-refractivity contribution in [2.24, 2.45) is 5.41 Å². The van der Waals surface area contributed by atoms with Gasteiger partial charge in [-0.1, -0.05) is 20.8 Å². The topological polar surface area (TPSA) is 86.1 Å². The summed E-state index contributed by atoms with van der Waals surface area (Å²) in [5.41, 5.74) is 1.75. The van der Waals surface area contributed by atoms with Crippen LogP contribution < -0.4 is 5.32 Å². The van der Waals surface area contributed by atoms with Crippen molar-refractivity contribution >= 4 is 11.9 Å². The molecule has 2 heterocycles. The average molecular weight is 344 g/mol. The maximum absolute atomic E-state index is 12.5. The Bertz CT molecular complexity index is 773. The number of amides is 1. The van der Waals surface area contributed by atoms with E-state index in [0.29, 0.717) is 11.4 Å².